The van der Waals surface area contributed by atoms with Gasteiger partial charge in [0.15, 0.2) is 5.60 Å². The summed E-state index contributed by atoms with van der Waals surface area (Å²) in [6, 6.07) is 44.7. The Bertz CT molecular complexity index is 2170. The van der Waals surface area contributed by atoms with E-state index >= 15 is 0 Å². The molecule has 1 fully saturated rings. The van der Waals surface area contributed by atoms with Gasteiger partial charge in [0.25, 0.3) is 0 Å². The predicted molar refractivity (Wildman–Crippen MR) is 208 cm³/mol. The van der Waals surface area contributed by atoms with Crippen LogP contribution in [0.2, 0.25) is 0 Å². The fourth-order valence-electron chi connectivity index (χ4n) is 7.25. The van der Waals surface area contributed by atoms with Gasteiger partial charge in [0.2, 0.25) is 0 Å². The second kappa shape index (κ2) is 13.2. The van der Waals surface area contributed by atoms with Crippen LogP contribution in [0.4, 0.5) is 5.69 Å². The molecular weight excluding hydrogens is 717 g/mol. The SMILES string of the molecule is COC(=O)c1cc2cc(-c3ccc(-c4ccc(I)cc4)cc3)ccc2c2c1C=CC(c1ccccc1)(c1ccc(N3CCCCC3)cc1)O2. The number of hydrogen-bond acceptors (Lipinski definition) is 4. The Balaban J connectivity index is 1.22. The number of esters is 1. The number of carbonyl (C=O) groups excluding carboxylic acids is 1. The van der Waals surface area contributed by atoms with E-state index in [0.29, 0.717) is 11.3 Å². The van der Waals surface area contributed by atoms with Crippen molar-refractivity contribution in [3.05, 3.63) is 159 Å². The molecule has 1 atom stereocenters. The zero-order valence-electron chi connectivity index (χ0n) is 27.4. The quantitative estimate of drug-likeness (QED) is 0.125. The Morgan fingerprint density at radius 2 is 1.33 bits per heavy atom. The number of rotatable bonds is 6. The van der Waals surface area contributed by atoms with Gasteiger partial charge in [-0.05, 0) is 118 Å². The van der Waals surface area contributed by atoms with Gasteiger partial charge in [0.05, 0.1) is 12.7 Å². The Labute approximate surface area is 301 Å². The van der Waals surface area contributed by atoms with Gasteiger partial charge in [-0.25, -0.2) is 4.79 Å². The van der Waals surface area contributed by atoms with Crippen LogP contribution in [0.15, 0.2) is 133 Å². The molecule has 2 aliphatic heterocycles. The van der Waals surface area contributed by atoms with Crippen LogP contribution in [0.1, 0.15) is 46.3 Å². The monoisotopic (exact) mass is 753 g/mol. The molecule has 242 valence electrons. The smallest absolute Gasteiger partial charge is 0.338 e. The normalized spacial score (nSPS) is 17.0. The van der Waals surface area contributed by atoms with Crippen LogP contribution in [0, 0.1) is 3.57 Å². The number of anilines is 1. The zero-order chi connectivity index (χ0) is 33.4. The Morgan fingerprint density at radius 3 is 2.00 bits per heavy atom. The highest BCUT2D eigenvalue weighted by molar-refractivity contribution is 14.1. The summed E-state index contributed by atoms with van der Waals surface area (Å²) < 4.78 is 13.7. The lowest BCUT2D eigenvalue weighted by Crippen LogP contribution is -2.35. The van der Waals surface area contributed by atoms with E-state index in [2.05, 4.69) is 137 Å². The summed E-state index contributed by atoms with van der Waals surface area (Å²) >= 11 is 2.33. The van der Waals surface area contributed by atoms with Crippen molar-refractivity contribution in [2.45, 2.75) is 24.9 Å². The van der Waals surface area contributed by atoms with Crippen LogP contribution in [-0.4, -0.2) is 26.2 Å². The van der Waals surface area contributed by atoms with Crippen molar-refractivity contribution < 1.29 is 14.3 Å². The number of carbonyl (C=O) groups is 1. The van der Waals surface area contributed by atoms with Crippen molar-refractivity contribution >= 4 is 51.1 Å². The van der Waals surface area contributed by atoms with E-state index in [4.69, 9.17) is 9.47 Å². The van der Waals surface area contributed by atoms with Crippen LogP contribution in [0.3, 0.4) is 0 Å². The molecule has 0 amide bonds. The van der Waals surface area contributed by atoms with Crippen molar-refractivity contribution in [1.29, 1.82) is 0 Å². The van der Waals surface area contributed by atoms with Crippen LogP contribution in [0.25, 0.3) is 39.1 Å². The van der Waals surface area contributed by atoms with Crippen molar-refractivity contribution in [2.75, 3.05) is 25.1 Å². The predicted octanol–water partition coefficient (Wildman–Crippen LogP) is 10.9. The van der Waals surface area contributed by atoms with Crippen LogP contribution < -0.4 is 9.64 Å². The lowest BCUT2D eigenvalue weighted by Gasteiger charge is -2.37. The van der Waals surface area contributed by atoms with E-state index in [0.717, 1.165) is 51.7 Å². The number of halogens is 1. The summed E-state index contributed by atoms with van der Waals surface area (Å²) in [5.41, 5.74) is 8.13. The third-order valence-corrected chi connectivity index (χ3v) is 10.6. The highest BCUT2D eigenvalue weighted by atomic mass is 127. The molecule has 6 aromatic carbocycles. The Morgan fingerprint density at radius 1 is 0.714 bits per heavy atom. The topological polar surface area (TPSA) is 38.8 Å². The van der Waals surface area contributed by atoms with Gasteiger partial charge < -0.3 is 14.4 Å². The summed E-state index contributed by atoms with van der Waals surface area (Å²) in [7, 11) is 1.43. The highest BCUT2D eigenvalue weighted by Crippen LogP contribution is 2.47. The molecule has 1 unspecified atom stereocenters. The number of fused-ring (bicyclic) bond motifs is 3. The van der Waals surface area contributed by atoms with Crippen LogP contribution >= 0.6 is 22.6 Å². The van der Waals surface area contributed by atoms with E-state index in [1.165, 1.54) is 46.8 Å². The van der Waals surface area contributed by atoms with Gasteiger partial charge in [-0.2, -0.15) is 0 Å². The first-order chi connectivity index (χ1) is 24.0. The second-order valence-corrected chi connectivity index (χ2v) is 14.1. The molecule has 0 radical (unpaired) electrons. The minimum atomic E-state index is -0.889. The zero-order valence-corrected chi connectivity index (χ0v) is 29.5. The molecule has 0 saturated carbocycles. The van der Waals surface area contributed by atoms with Gasteiger partial charge >= 0.3 is 5.97 Å². The molecule has 0 bridgehead atoms. The minimum Gasteiger partial charge on any atom is -0.472 e. The molecule has 0 spiro atoms. The van der Waals surface area contributed by atoms with Gasteiger partial charge in [-0.15, -0.1) is 0 Å². The van der Waals surface area contributed by atoms with Crippen molar-refractivity contribution in [1.82, 2.24) is 0 Å². The molecule has 5 heteroatoms. The molecular formula is C44H36INO3. The molecule has 0 N–H and O–H groups in total. The summed E-state index contributed by atoms with van der Waals surface area (Å²) in [4.78, 5) is 15.7. The average Bonchev–Trinajstić information content (AvgIpc) is 3.18. The van der Waals surface area contributed by atoms with Crippen molar-refractivity contribution in [2.24, 2.45) is 0 Å². The molecule has 0 aromatic heterocycles. The van der Waals surface area contributed by atoms with Gasteiger partial charge in [-0.3, -0.25) is 0 Å². The average molecular weight is 754 g/mol. The standard InChI is InChI=1S/C44H36INO3/c1-48-43(47)41-29-34-28-33(32-12-10-30(11-13-32)31-14-19-37(45)20-15-31)16-23-39(34)42-40(41)24-25-44(49-42,35-8-4-2-5-9-35)36-17-21-38(22-18-36)46-26-6-3-7-27-46/h2,4-5,8-25,28-29H,3,6-7,26-27H2,1H3. The number of piperidine rings is 1. The van der Waals surface area contributed by atoms with Gasteiger partial charge in [0.1, 0.15) is 5.75 Å². The minimum absolute atomic E-state index is 0.392. The summed E-state index contributed by atoms with van der Waals surface area (Å²) in [6.45, 7) is 2.18. The first-order valence-electron chi connectivity index (χ1n) is 16.9. The molecule has 0 aliphatic carbocycles. The third-order valence-electron chi connectivity index (χ3n) is 9.90. The Hall–Kier alpha value is -4.88. The van der Waals surface area contributed by atoms with E-state index in [9.17, 15) is 4.79 Å². The lowest BCUT2D eigenvalue weighted by molar-refractivity contribution is 0.0599. The summed E-state index contributed by atoms with van der Waals surface area (Å²) in [6.07, 6.45) is 7.88. The van der Waals surface area contributed by atoms with Gasteiger partial charge in [0, 0.05) is 44.4 Å². The number of benzene rings is 6. The van der Waals surface area contributed by atoms with Crippen LogP contribution in [0.5, 0.6) is 5.75 Å². The van der Waals surface area contributed by atoms with Crippen molar-refractivity contribution in [3.63, 3.8) is 0 Å². The number of ether oxygens (including phenoxy) is 2. The maximum absolute atomic E-state index is 13.2. The lowest BCUT2D eigenvalue weighted by atomic mass is 9.82. The van der Waals surface area contributed by atoms with E-state index < -0.39 is 11.6 Å². The number of methoxy groups -OCH3 is 1. The molecule has 2 aliphatic rings. The first kappa shape index (κ1) is 31.4. The van der Waals surface area contributed by atoms with E-state index in [-0.39, 0.29) is 0 Å². The summed E-state index contributed by atoms with van der Waals surface area (Å²) in [5.74, 6) is 0.279. The fourth-order valence-corrected chi connectivity index (χ4v) is 7.61. The summed E-state index contributed by atoms with van der Waals surface area (Å²) in [5, 5.41) is 1.85. The van der Waals surface area contributed by atoms with E-state index in [1.807, 2.05) is 30.3 Å². The maximum atomic E-state index is 13.2. The third kappa shape index (κ3) is 5.90. The van der Waals surface area contributed by atoms with Gasteiger partial charge in [-0.1, -0.05) is 91.0 Å². The highest BCUT2D eigenvalue weighted by Gasteiger charge is 2.39. The molecule has 2 heterocycles. The molecule has 49 heavy (non-hydrogen) atoms. The maximum Gasteiger partial charge on any atom is 0.338 e. The number of nitrogens with zero attached hydrogens (tertiary/aromatic N) is 1. The fraction of sp³-hybridized carbons (Fsp3) is 0.159. The Kier molecular flexibility index (Phi) is 8.46. The molecule has 6 aromatic rings. The van der Waals surface area contributed by atoms with Crippen molar-refractivity contribution in [3.8, 4) is 28.0 Å². The first-order valence-corrected chi connectivity index (χ1v) is 17.9. The number of hydrogen-bond donors (Lipinski definition) is 0. The molecule has 8 rings (SSSR count). The second-order valence-electron chi connectivity index (χ2n) is 12.8. The molecule has 4 nitrogen and oxygen atoms in total. The van der Waals surface area contributed by atoms with E-state index in [1.54, 1.807) is 0 Å². The van der Waals surface area contributed by atoms with Crippen LogP contribution in [-0.2, 0) is 10.3 Å². The largest absolute Gasteiger partial charge is 0.472 e. The molecule has 1 saturated heterocycles.